The highest BCUT2D eigenvalue weighted by atomic mass is 32.2. The van der Waals surface area contributed by atoms with Crippen molar-refractivity contribution in [3.05, 3.63) is 67.4 Å². The standard InChI is InChI=1S/C25H24N4O3S3/c1-3-32-17-11-9-16(10-12-17)29-24(31)22-18-6-4-7-20(18)35-23(22)26-25(29)34-14-21(30)28-27-15(2)19-8-5-13-33-19/h5,8-13H,3-4,6-7,14H2,1-2H3,(H,28,30). The number of aryl methyl sites for hydroxylation is 2. The Morgan fingerprint density at radius 2 is 2.09 bits per heavy atom. The molecule has 0 saturated carbocycles. The van der Waals surface area contributed by atoms with Crippen LogP contribution < -0.4 is 15.7 Å². The van der Waals surface area contributed by atoms with E-state index in [4.69, 9.17) is 9.72 Å². The highest BCUT2D eigenvalue weighted by Gasteiger charge is 2.24. The molecule has 1 amide bonds. The molecular formula is C25H24N4O3S3. The van der Waals surface area contributed by atoms with Crippen molar-refractivity contribution < 1.29 is 9.53 Å². The number of fused-ring (bicyclic) bond motifs is 3. The van der Waals surface area contributed by atoms with Crippen LogP contribution in [0.1, 0.15) is 35.6 Å². The molecule has 35 heavy (non-hydrogen) atoms. The normalized spacial score (nSPS) is 13.3. The zero-order valence-corrected chi connectivity index (χ0v) is 21.8. The molecule has 1 aliphatic rings. The first kappa shape index (κ1) is 23.8. The predicted molar refractivity (Wildman–Crippen MR) is 144 cm³/mol. The minimum absolute atomic E-state index is 0.0846. The van der Waals surface area contributed by atoms with E-state index in [1.165, 1.54) is 16.6 Å². The molecule has 0 spiro atoms. The van der Waals surface area contributed by atoms with Crippen molar-refractivity contribution in [3.8, 4) is 11.4 Å². The zero-order valence-electron chi connectivity index (χ0n) is 19.4. The van der Waals surface area contributed by atoms with Gasteiger partial charge in [-0.2, -0.15) is 5.10 Å². The average molecular weight is 525 g/mol. The summed E-state index contributed by atoms with van der Waals surface area (Å²) >= 11 is 4.39. The van der Waals surface area contributed by atoms with E-state index >= 15 is 0 Å². The molecule has 0 atom stereocenters. The Kier molecular flexibility index (Phi) is 7.03. The van der Waals surface area contributed by atoms with Gasteiger partial charge in [0.15, 0.2) is 5.16 Å². The number of aromatic nitrogens is 2. The fourth-order valence-corrected chi connectivity index (χ4v) is 6.84. The summed E-state index contributed by atoms with van der Waals surface area (Å²) in [6.07, 6.45) is 2.97. The Labute approximate surface area is 214 Å². The van der Waals surface area contributed by atoms with Gasteiger partial charge in [-0.1, -0.05) is 17.8 Å². The van der Waals surface area contributed by atoms with Crippen LogP contribution in [0.2, 0.25) is 0 Å². The molecule has 5 rings (SSSR count). The van der Waals surface area contributed by atoms with Crippen molar-refractivity contribution in [3.63, 3.8) is 0 Å². The molecule has 0 unspecified atom stereocenters. The minimum Gasteiger partial charge on any atom is -0.494 e. The van der Waals surface area contributed by atoms with Gasteiger partial charge >= 0.3 is 0 Å². The van der Waals surface area contributed by atoms with Crippen molar-refractivity contribution in [1.82, 2.24) is 15.0 Å². The molecule has 0 aliphatic heterocycles. The van der Waals surface area contributed by atoms with Gasteiger partial charge in [0.1, 0.15) is 10.6 Å². The number of carbonyl (C=O) groups excluding carboxylic acids is 1. The number of carbonyl (C=O) groups is 1. The molecule has 10 heteroatoms. The number of nitrogens with zero attached hydrogens (tertiary/aromatic N) is 3. The molecular weight excluding hydrogens is 501 g/mol. The maximum Gasteiger partial charge on any atom is 0.267 e. The number of thioether (sulfide) groups is 1. The van der Waals surface area contributed by atoms with Crippen LogP contribution in [0.3, 0.4) is 0 Å². The number of thiophene rings is 2. The number of hydrogen-bond donors (Lipinski definition) is 1. The summed E-state index contributed by atoms with van der Waals surface area (Å²) in [5.41, 5.74) is 5.10. The number of ether oxygens (including phenoxy) is 1. The van der Waals surface area contributed by atoms with Crippen LogP contribution in [0.4, 0.5) is 0 Å². The van der Waals surface area contributed by atoms with Crippen LogP contribution in [0, 0.1) is 0 Å². The summed E-state index contributed by atoms with van der Waals surface area (Å²) < 4.78 is 7.17. The topological polar surface area (TPSA) is 85.6 Å². The Morgan fingerprint density at radius 3 is 2.83 bits per heavy atom. The molecule has 4 aromatic rings. The van der Waals surface area contributed by atoms with E-state index in [9.17, 15) is 9.59 Å². The second kappa shape index (κ2) is 10.3. The second-order valence-electron chi connectivity index (χ2n) is 8.00. The molecule has 3 aromatic heterocycles. The quantitative estimate of drug-likeness (QED) is 0.151. The van der Waals surface area contributed by atoms with E-state index in [0.717, 1.165) is 46.0 Å². The molecule has 0 bridgehead atoms. The molecule has 7 nitrogen and oxygen atoms in total. The monoisotopic (exact) mass is 524 g/mol. The summed E-state index contributed by atoms with van der Waals surface area (Å²) in [4.78, 5) is 34.1. The van der Waals surface area contributed by atoms with Gasteiger partial charge < -0.3 is 4.74 Å². The van der Waals surface area contributed by atoms with Gasteiger partial charge in [0.25, 0.3) is 11.5 Å². The number of hydrazone groups is 1. The lowest BCUT2D eigenvalue weighted by Gasteiger charge is -2.13. The number of amides is 1. The zero-order chi connectivity index (χ0) is 24.4. The first-order chi connectivity index (χ1) is 17.0. The maximum atomic E-state index is 13.7. The van der Waals surface area contributed by atoms with E-state index in [1.807, 2.05) is 55.6 Å². The first-order valence-electron chi connectivity index (χ1n) is 11.4. The Balaban J connectivity index is 1.45. The smallest absolute Gasteiger partial charge is 0.267 e. The molecule has 180 valence electrons. The van der Waals surface area contributed by atoms with E-state index in [2.05, 4.69) is 10.5 Å². The van der Waals surface area contributed by atoms with Gasteiger partial charge in [-0.15, -0.1) is 22.7 Å². The molecule has 1 aliphatic carbocycles. The number of benzene rings is 1. The lowest BCUT2D eigenvalue weighted by Crippen LogP contribution is -2.24. The van der Waals surface area contributed by atoms with E-state index in [-0.39, 0.29) is 17.2 Å². The lowest BCUT2D eigenvalue weighted by molar-refractivity contribution is -0.118. The van der Waals surface area contributed by atoms with E-state index in [0.29, 0.717) is 22.8 Å². The SMILES string of the molecule is CCOc1ccc(-n2c(SCC(=O)NN=C(C)c3cccs3)nc3sc4c(c3c2=O)CCC4)cc1. The summed E-state index contributed by atoms with van der Waals surface area (Å²) in [5.74, 6) is 0.566. The summed E-state index contributed by atoms with van der Waals surface area (Å²) in [6, 6.07) is 11.3. The lowest BCUT2D eigenvalue weighted by atomic mass is 10.2. The Morgan fingerprint density at radius 1 is 1.26 bits per heavy atom. The molecule has 0 fully saturated rings. The molecule has 0 saturated heterocycles. The predicted octanol–water partition coefficient (Wildman–Crippen LogP) is 5.03. The third-order valence-electron chi connectivity index (χ3n) is 5.67. The van der Waals surface area contributed by atoms with Crippen molar-refractivity contribution in [2.45, 2.75) is 38.3 Å². The number of nitrogens with one attached hydrogen (secondary N) is 1. The molecule has 1 N–H and O–H groups in total. The van der Waals surface area contributed by atoms with Crippen molar-refractivity contribution in [1.29, 1.82) is 0 Å². The molecule has 0 radical (unpaired) electrons. The van der Waals surface area contributed by atoms with Crippen molar-refractivity contribution in [2.24, 2.45) is 5.10 Å². The first-order valence-corrected chi connectivity index (χ1v) is 14.0. The van der Waals surface area contributed by atoms with Gasteiger partial charge in [0.05, 0.1) is 29.1 Å². The van der Waals surface area contributed by atoms with Crippen molar-refractivity contribution >= 4 is 56.3 Å². The van der Waals surface area contributed by atoms with E-state index < -0.39 is 0 Å². The van der Waals surface area contributed by atoms with E-state index in [1.54, 1.807) is 27.2 Å². The van der Waals surface area contributed by atoms with Gasteiger partial charge in [-0.25, -0.2) is 10.4 Å². The van der Waals surface area contributed by atoms with Crippen molar-refractivity contribution in [2.75, 3.05) is 12.4 Å². The van der Waals surface area contributed by atoms with Crippen LogP contribution in [0.5, 0.6) is 5.75 Å². The van der Waals surface area contributed by atoms with Gasteiger partial charge in [0, 0.05) is 9.75 Å². The fourth-order valence-electron chi connectivity index (χ4n) is 4.06. The average Bonchev–Trinajstić information content (AvgIpc) is 3.60. The Hall–Kier alpha value is -2.95. The van der Waals surface area contributed by atoms with Crippen LogP contribution in [-0.4, -0.2) is 33.5 Å². The van der Waals surface area contributed by atoms with Crippen LogP contribution >= 0.6 is 34.4 Å². The van der Waals surface area contributed by atoms with Gasteiger partial charge in [-0.3, -0.25) is 14.2 Å². The van der Waals surface area contributed by atoms with Crippen LogP contribution in [0.25, 0.3) is 15.9 Å². The number of rotatable bonds is 8. The largest absolute Gasteiger partial charge is 0.494 e. The fraction of sp³-hybridized carbons (Fsp3) is 0.280. The van der Waals surface area contributed by atoms with Gasteiger partial charge in [0.2, 0.25) is 0 Å². The van der Waals surface area contributed by atoms with Gasteiger partial charge in [-0.05, 0) is 74.4 Å². The van der Waals surface area contributed by atoms with Crippen LogP contribution in [0.15, 0.2) is 56.8 Å². The van der Waals surface area contributed by atoms with Crippen LogP contribution in [-0.2, 0) is 17.6 Å². The Bertz CT molecular complexity index is 1450. The minimum atomic E-state index is -0.257. The highest BCUT2D eigenvalue weighted by Crippen LogP contribution is 2.36. The summed E-state index contributed by atoms with van der Waals surface area (Å²) in [6.45, 7) is 4.35. The number of hydrogen-bond acceptors (Lipinski definition) is 8. The molecule has 1 aromatic carbocycles. The molecule has 3 heterocycles. The second-order valence-corrected chi connectivity index (χ2v) is 11.0. The third-order valence-corrected chi connectivity index (χ3v) is 8.78. The third kappa shape index (κ3) is 4.91. The summed E-state index contributed by atoms with van der Waals surface area (Å²) in [5, 5.41) is 7.36. The summed E-state index contributed by atoms with van der Waals surface area (Å²) in [7, 11) is 0. The highest BCUT2D eigenvalue weighted by molar-refractivity contribution is 7.99. The maximum absolute atomic E-state index is 13.7.